The molecule has 1 aliphatic heterocycles. The molecule has 0 aromatic heterocycles. The molecule has 3 nitrogen and oxygen atoms in total. The Balaban J connectivity index is 2.28. The van der Waals surface area contributed by atoms with Crippen molar-refractivity contribution in [2.45, 2.75) is 25.4 Å². The lowest BCUT2D eigenvalue weighted by Crippen LogP contribution is -2.10. The molecule has 0 bridgehead atoms. The number of hydrogen-bond donors (Lipinski definition) is 1. The third kappa shape index (κ3) is 2.36. The Bertz CT molecular complexity index is 360. The second-order valence-corrected chi connectivity index (χ2v) is 3.76. The SMILES string of the molecule is O=C(O)CC1OCCCc2ccccc21. The summed E-state index contributed by atoms with van der Waals surface area (Å²) in [6.07, 6.45) is 1.72. The normalized spacial score (nSPS) is 20.4. The van der Waals surface area contributed by atoms with Crippen LogP contribution >= 0.6 is 0 Å². The van der Waals surface area contributed by atoms with Crippen molar-refractivity contribution in [3.05, 3.63) is 35.4 Å². The summed E-state index contributed by atoms with van der Waals surface area (Å²) in [5, 5.41) is 8.80. The zero-order valence-corrected chi connectivity index (χ0v) is 8.48. The van der Waals surface area contributed by atoms with Crippen LogP contribution in [-0.4, -0.2) is 17.7 Å². The summed E-state index contributed by atoms with van der Waals surface area (Å²) in [7, 11) is 0. The lowest BCUT2D eigenvalue weighted by atomic mass is 9.98. The first-order valence-electron chi connectivity index (χ1n) is 5.18. The van der Waals surface area contributed by atoms with E-state index in [-0.39, 0.29) is 12.5 Å². The van der Waals surface area contributed by atoms with E-state index >= 15 is 0 Å². The highest BCUT2D eigenvalue weighted by molar-refractivity contribution is 5.67. The Morgan fingerprint density at radius 1 is 1.47 bits per heavy atom. The fraction of sp³-hybridized carbons (Fsp3) is 0.417. The summed E-state index contributed by atoms with van der Waals surface area (Å²) < 4.78 is 5.56. The van der Waals surface area contributed by atoms with Crippen LogP contribution in [0.25, 0.3) is 0 Å². The van der Waals surface area contributed by atoms with Crippen LogP contribution in [0.2, 0.25) is 0 Å². The van der Waals surface area contributed by atoms with Crippen molar-refractivity contribution in [3.63, 3.8) is 0 Å². The summed E-state index contributed by atoms with van der Waals surface area (Å²) >= 11 is 0. The predicted octanol–water partition coefficient (Wildman–Crippen LogP) is 2.17. The molecule has 1 heterocycles. The Labute approximate surface area is 88.7 Å². The van der Waals surface area contributed by atoms with Gasteiger partial charge in [0.2, 0.25) is 0 Å². The van der Waals surface area contributed by atoms with Gasteiger partial charge in [0, 0.05) is 6.61 Å². The largest absolute Gasteiger partial charge is 0.481 e. The third-order valence-corrected chi connectivity index (χ3v) is 2.67. The third-order valence-electron chi connectivity index (χ3n) is 2.67. The second-order valence-electron chi connectivity index (χ2n) is 3.76. The molecule has 3 heteroatoms. The molecular formula is C12H14O3. The molecule has 0 amide bonds. The number of benzene rings is 1. The summed E-state index contributed by atoms with van der Waals surface area (Å²) in [5.74, 6) is -0.809. The molecule has 15 heavy (non-hydrogen) atoms. The Morgan fingerprint density at radius 3 is 3.07 bits per heavy atom. The smallest absolute Gasteiger partial charge is 0.306 e. The van der Waals surface area contributed by atoms with E-state index in [4.69, 9.17) is 9.84 Å². The van der Waals surface area contributed by atoms with Gasteiger partial charge in [-0.1, -0.05) is 24.3 Å². The highest BCUT2D eigenvalue weighted by atomic mass is 16.5. The Hall–Kier alpha value is -1.35. The van der Waals surface area contributed by atoms with Crippen LogP contribution in [0.1, 0.15) is 30.1 Å². The molecule has 0 spiro atoms. The standard InChI is InChI=1S/C12H14O3/c13-12(14)8-11-10-6-2-1-4-9(10)5-3-7-15-11/h1-2,4,6,11H,3,5,7-8H2,(H,13,14). The molecule has 1 aromatic carbocycles. The van der Waals surface area contributed by atoms with E-state index in [0.717, 1.165) is 18.4 Å². The first-order chi connectivity index (χ1) is 7.27. The van der Waals surface area contributed by atoms with Gasteiger partial charge >= 0.3 is 5.97 Å². The maximum atomic E-state index is 10.7. The van der Waals surface area contributed by atoms with Gasteiger partial charge in [0.05, 0.1) is 12.5 Å². The topological polar surface area (TPSA) is 46.5 Å². The maximum Gasteiger partial charge on any atom is 0.306 e. The van der Waals surface area contributed by atoms with Crippen LogP contribution in [0.4, 0.5) is 0 Å². The molecule has 1 aromatic rings. The number of carbonyl (C=O) groups is 1. The van der Waals surface area contributed by atoms with Gasteiger partial charge in [0.15, 0.2) is 0 Å². The Kier molecular flexibility index (Phi) is 3.02. The van der Waals surface area contributed by atoms with E-state index in [2.05, 4.69) is 6.07 Å². The van der Waals surface area contributed by atoms with Gasteiger partial charge in [-0.15, -0.1) is 0 Å². The number of fused-ring (bicyclic) bond motifs is 1. The number of rotatable bonds is 2. The first-order valence-corrected chi connectivity index (χ1v) is 5.18. The van der Waals surface area contributed by atoms with Crippen LogP contribution in [0.3, 0.4) is 0 Å². The van der Waals surface area contributed by atoms with E-state index in [1.165, 1.54) is 5.56 Å². The quantitative estimate of drug-likeness (QED) is 0.806. The molecule has 0 fully saturated rings. The number of ether oxygens (including phenoxy) is 1. The van der Waals surface area contributed by atoms with Gasteiger partial charge in [-0.3, -0.25) is 4.79 Å². The molecule has 2 rings (SSSR count). The van der Waals surface area contributed by atoms with Crippen LogP contribution in [0.5, 0.6) is 0 Å². The van der Waals surface area contributed by atoms with Crippen LogP contribution in [0, 0.1) is 0 Å². The van der Waals surface area contributed by atoms with Crippen LogP contribution in [-0.2, 0) is 16.0 Å². The van der Waals surface area contributed by atoms with Crippen molar-refractivity contribution < 1.29 is 14.6 Å². The molecule has 1 atom stereocenters. The number of carboxylic acid groups (broad SMARTS) is 1. The van der Waals surface area contributed by atoms with Crippen LogP contribution < -0.4 is 0 Å². The Morgan fingerprint density at radius 2 is 2.27 bits per heavy atom. The maximum absolute atomic E-state index is 10.7. The monoisotopic (exact) mass is 206 g/mol. The van der Waals surface area contributed by atoms with Gasteiger partial charge < -0.3 is 9.84 Å². The lowest BCUT2D eigenvalue weighted by molar-refractivity contribution is -0.140. The molecular weight excluding hydrogens is 192 g/mol. The van der Waals surface area contributed by atoms with Gasteiger partial charge in [0.25, 0.3) is 0 Å². The van der Waals surface area contributed by atoms with Gasteiger partial charge in [-0.2, -0.15) is 0 Å². The van der Waals surface area contributed by atoms with E-state index in [0.29, 0.717) is 6.61 Å². The highest BCUT2D eigenvalue weighted by Gasteiger charge is 2.21. The predicted molar refractivity (Wildman–Crippen MR) is 55.7 cm³/mol. The van der Waals surface area contributed by atoms with E-state index in [9.17, 15) is 4.79 Å². The molecule has 0 saturated heterocycles. The molecule has 1 aliphatic rings. The summed E-state index contributed by atoms with van der Waals surface area (Å²) in [4.78, 5) is 10.7. The van der Waals surface area contributed by atoms with E-state index < -0.39 is 5.97 Å². The van der Waals surface area contributed by atoms with Gasteiger partial charge in [-0.25, -0.2) is 0 Å². The zero-order valence-electron chi connectivity index (χ0n) is 8.48. The zero-order chi connectivity index (χ0) is 10.7. The summed E-state index contributed by atoms with van der Waals surface area (Å²) in [5.41, 5.74) is 2.26. The molecule has 80 valence electrons. The van der Waals surface area contributed by atoms with Crippen molar-refractivity contribution in [1.82, 2.24) is 0 Å². The van der Waals surface area contributed by atoms with Crippen molar-refractivity contribution in [2.75, 3.05) is 6.61 Å². The van der Waals surface area contributed by atoms with E-state index in [1.807, 2.05) is 18.2 Å². The van der Waals surface area contributed by atoms with Crippen LogP contribution in [0.15, 0.2) is 24.3 Å². The molecule has 1 unspecified atom stereocenters. The minimum Gasteiger partial charge on any atom is -0.481 e. The van der Waals surface area contributed by atoms with Crippen molar-refractivity contribution >= 4 is 5.97 Å². The summed E-state index contributed by atoms with van der Waals surface area (Å²) in [6, 6.07) is 7.94. The average molecular weight is 206 g/mol. The first kappa shape index (κ1) is 10.2. The fourth-order valence-corrected chi connectivity index (χ4v) is 1.98. The molecule has 0 aliphatic carbocycles. The minimum atomic E-state index is -0.809. The highest BCUT2D eigenvalue weighted by Crippen LogP contribution is 2.28. The van der Waals surface area contributed by atoms with Gasteiger partial charge in [-0.05, 0) is 24.0 Å². The molecule has 0 radical (unpaired) electrons. The summed E-state index contributed by atoms with van der Waals surface area (Å²) in [6.45, 7) is 0.645. The number of aryl methyl sites for hydroxylation is 1. The van der Waals surface area contributed by atoms with Crippen molar-refractivity contribution in [1.29, 1.82) is 0 Å². The van der Waals surface area contributed by atoms with E-state index in [1.54, 1.807) is 0 Å². The molecule has 1 N–H and O–H groups in total. The number of aliphatic carboxylic acids is 1. The average Bonchev–Trinajstić information content (AvgIpc) is 2.41. The minimum absolute atomic E-state index is 0.0526. The van der Waals surface area contributed by atoms with Gasteiger partial charge in [0.1, 0.15) is 0 Å². The fourth-order valence-electron chi connectivity index (χ4n) is 1.98. The number of carboxylic acids is 1. The lowest BCUT2D eigenvalue weighted by Gasteiger charge is -2.15. The second kappa shape index (κ2) is 4.45. The van der Waals surface area contributed by atoms with Crippen molar-refractivity contribution in [3.8, 4) is 0 Å². The number of hydrogen-bond acceptors (Lipinski definition) is 2. The van der Waals surface area contributed by atoms with Crippen molar-refractivity contribution in [2.24, 2.45) is 0 Å². The molecule has 0 saturated carbocycles.